The number of nitrogens with one attached hydrogen (secondary N) is 1. The van der Waals surface area contributed by atoms with Crippen LogP contribution in [0.15, 0.2) is 48.7 Å². The highest BCUT2D eigenvalue weighted by atomic mass is 35.5. The largest absolute Gasteiger partial charge is 0.507 e. The van der Waals surface area contributed by atoms with Crippen LogP contribution in [-0.2, 0) is 13.5 Å². The van der Waals surface area contributed by atoms with Gasteiger partial charge in [0.25, 0.3) is 5.91 Å². The number of benzene rings is 2. The van der Waals surface area contributed by atoms with Crippen molar-refractivity contribution in [3.8, 4) is 28.8 Å². The quantitative estimate of drug-likeness (QED) is 0.409. The molecule has 31 heavy (non-hydrogen) atoms. The maximum absolute atomic E-state index is 12.6. The van der Waals surface area contributed by atoms with Crippen molar-refractivity contribution in [3.63, 3.8) is 0 Å². The normalized spacial score (nSPS) is 11.0. The maximum atomic E-state index is 12.6. The molecule has 0 aliphatic heterocycles. The summed E-state index contributed by atoms with van der Waals surface area (Å²) in [5.41, 5.74) is 3.25. The van der Waals surface area contributed by atoms with Crippen molar-refractivity contribution >= 4 is 23.2 Å². The van der Waals surface area contributed by atoms with Gasteiger partial charge >= 0.3 is 0 Å². The minimum absolute atomic E-state index is 0.0864. The number of nitrogens with zero attached hydrogens (tertiary/aromatic N) is 2. The summed E-state index contributed by atoms with van der Waals surface area (Å²) in [4.78, 5) is 12.6. The molecule has 0 unspecified atom stereocenters. The molecule has 2 aromatic carbocycles. The van der Waals surface area contributed by atoms with Crippen LogP contribution >= 0.6 is 11.6 Å². The zero-order chi connectivity index (χ0) is 22.6. The highest BCUT2D eigenvalue weighted by Gasteiger charge is 2.15. The lowest BCUT2D eigenvalue weighted by atomic mass is 9.93. The molecule has 0 aliphatic rings. The Labute approximate surface area is 188 Å². The number of aromatic hydroxyl groups is 1. The summed E-state index contributed by atoms with van der Waals surface area (Å²) in [6.45, 7) is 6.45. The third-order valence-corrected chi connectivity index (χ3v) is 4.76. The van der Waals surface area contributed by atoms with Gasteiger partial charge in [0.15, 0.2) is 0 Å². The van der Waals surface area contributed by atoms with Gasteiger partial charge in [0.2, 0.25) is 0 Å². The molecule has 0 saturated heterocycles. The SMILES string of the molecule is Cn1cc(CC#CCC(C)(C)C)c(-c2cc(NC(=O)c3cccc(Cl)c3)ccc2O)n1. The van der Waals surface area contributed by atoms with E-state index in [4.69, 9.17) is 11.6 Å². The Morgan fingerprint density at radius 1 is 1.19 bits per heavy atom. The van der Waals surface area contributed by atoms with Crippen LogP contribution in [0.4, 0.5) is 5.69 Å². The molecule has 2 N–H and O–H groups in total. The van der Waals surface area contributed by atoms with Crippen LogP contribution in [0.1, 0.15) is 43.1 Å². The molecule has 0 radical (unpaired) electrons. The van der Waals surface area contributed by atoms with Crippen molar-refractivity contribution in [2.24, 2.45) is 12.5 Å². The summed E-state index contributed by atoms with van der Waals surface area (Å²) in [7, 11) is 1.83. The fourth-order valence-corrected chi connectivity index (χ4v) is 3.21. The van der Waals surface area contributed by atoms with Gasteiger partial charge in [0, 0.05) is 53.5 Å². The Kier molecular flexibility index (Phi) is 6.72. The Bertz CT molecular complexity index is 1160. The van der Waals surface area contributed by atoms with E-state index >= 15 is 0 Å². The van der Waals surface area contributed by atoms with Crippen molar-refractivity contribution in [2.75, 3.05) is 5.32 Å². The summed E-state index contributed by atoms with van der Waals surface area (Å²) in [6, 6.07) is 11.6. The van der Waals surface area contributed by atoms with Crippen LogP contribution in [0.25, 0.3) is 11.3 Å². The van der Waals surface area contributed by atoms with E-state index in [1.54, 1.807) is 47.1 Å². The Hall–Kier alpha value is -3.23. The average Bonchev–Trinajstić information content (AvgIpc) is 3.06. The van der Waals surface area contributed by atoms with Gasteiger partial charge < -0.3 is 10.4 Å². The fraction of sp³-hybridized carbons (Fsp3) is 0.280. The van der Waals surface area contributed by atoms with Crippen molar-refractivity contribution < 1.29 is 9.90 Å². The van der Waals surface area contributed by atoms with Gasteiger partial charge in [-0.3, -0.25) is 9.48 Å². The molecular weight excluding hydrogens is 410 g/mol. The van der Waals surface area contributed by atoms with Crippen molar-refractivity contribution in [3.05, 3.63) is 64.8 Å². The number of rotatable bonds is 4. The van der Waals surface area contributed by atoms with Crippen LogP contribution < -0.4 is 5.32 Å². The monoisotopic (exact) mass is 435 g/mol. The van der Waals surface area contributed by atoms with Crippen LogP contribution in [0.5, 0.6) is 5.75 Å². The zero-order valence-electron chi connectivity index (χ0n) is 18.2. The van der Waals surface area contributed by atoms with E-state index < -0.39 is 0 Å². The molecular formula is C25H26ClN3O2. The Morgan fingerprint density at radius 3 is 2.68 bits per heavy atom. The molecule has 3 rings (SSSR count). The standard InChI is InChI=1S/C25H26ClN3O2/c1-25(2,3)13-6-5-8-18-16-29(4)28-23(18)21-15-20(11-12-22(21)30)27-24(31)17-9-7-10-19(26)14-17/h7,9-12,14-16,30H,8,13H2,1-4H3,(H,27,31). The molecule has 6 heteroatoms. The molecule has 0 spiro atoms. The second-order valence-electron chi connectivity index (χ2n) is 8.64. The van der Waals surface area contributed by atoms with E-state index in [0.717, 1.165) is 12.0 Å². The Balaban J connectivity index is 1.86. The number of amides is 1. The summed E-state index contributed by atoms with van der Waals surface area (Å²) >= 11 is 5.98. The van der Waals surface area contributed by atoms with E-state index in [1.807, 2.05) is 13.2 Å². The van der Waals surface area contributed by atoms with Gasteiger partial charge in [-0.25, -0.2) is 0 Å². The van der Waals surface area contributed by atoms with E-state index in [1.165, 1.54) is 0 Å². The fourth-order valence-electron chi connectivity index (χ4n) is 3.02. The van der Waals surface area contributed by atoms with Gasteiger partial charge in [-0.15, -0.1) is 5.92 Å². The lowest BCUT2D eigenvalue weighted by Crippen LogP contribution is -2.11. The molecule has 0 bridgehead atoms. The van der Waals surface area contributed by atoms with Gasteiger partial charge in [-0.05, 0) is 41.8 Å². The first-order valence-corrected chi connectivity index (χ1v) is 10.4. The second-order valence-corrected chi connectivity index (χ2v) is 9.08. The number of phenolic OH excluding ortho intramolecular Hbond substituents is 1. The number of carbonyl (C=O) groups excluding carboxylic acids is 1. The van der Waals surface area contributed by atoms with Gasteiger partial charge in [0.1, 0.15) is 11.4 Å². The van der Waals surface area contributed by atoms with Crippen LogP contribution in [-0.4, -0.2) is 20.8 Å². The zero-order valence-corrected chi connectivity index (χ0v) is 18.9. The second kappa shape index (κ2) is 9.28. The number of phenols is 1. The predicted molar refractivity (Wildman–Crippen MR) is 125 cm³/mol. The van der Waals surface area contributed by atoms with Crippen LogP contribution in [0.3, 0.4) is 0 Å². The van der Waals surface area contributed by atoms with Crippen LogP contribution in [0.2, 0.25) is 5.02 Å². The molecule has 0 aliphatic carbocycles. The predicted octanol–water partition coefficient (Wildman–Crippen LogP) is 5.68. The van der Waals surface area contributed by atoms with E-state index in [-0.39, 0.29) is 17.1 Å². The number of hydrogen-bond acceptors (Lipinski definition) is 3. The first-order valence-electron chi connectivity index (χ1n) is 10.0. The maximum Gasteiger partial charge on any atom is 0.255 e. The number of aromatic nitrogens is 2. The minimum atomic E-state index is -0.284. The summed E-state index contributed by atoms with van der Waals surface area (Å²) in [5, 5.41) is 18.3. The average molecular weight is 436 g/mol. The van der Waals surface area contributed by atoms with Gasteiger partial charge in [-0.2, -0.15) is 5.10 Å². The molecule has 3 aromatic rings. The number of anilines is 1. The lowest BCUT2D eigenvalue weighted by Gasteiger charge is -2.12. The van der Waals surface area contributed by atoms with Gasteiger partial charge in [-0.1, -0.05) is 44.4 Å². The third kappa shape index (κ3) is 6.13. The van der Waals surface area contributed by atoms with Crippen LogP contribution in [0, 0.1) is 17.3 Å². The van der Waals surface area contributed by atoms with E-state index in [2.05, 4.69) is 43.0 Å². The van der Waals surface area contributed by atoms with E-state index in [9.17, 15) is 9.90 Å². The highest BCUT2D eigenvalue weighted by Crippen LogP contribution is 2.33. The number of carbonyl (C=O) groups is 1. The third-order valence-electron chi connectivity index (χ3n) is 4.52. The van der Waals surface area contributed by atoms with Crippen molar-refractivity contribution in [1.29, 1.82) is 0 Å². The van der Waals surface area contributed by atoms with Crippen molar-refractivity contribution in [2.45, 2.75) is 33.6 Å². The molecule has 1 amide bonds. The highest BCUT2D eigenvalue weighted by molar-refractivity contribution is 6.31. The molecule has 0 atom stereocenters. The minimum Gasteiger partial charge on any atom is -0.507 e. The molecule has 5 nitrogen and oxygen atoms in total. The smallest absolute Gasteiger partial charge is 0.255 e. The summed E-state index contributed by atoms with van der Waals surface area (Å²) in [5.74, 6) is 6.23. The summed E-state index contributed by atoms with van der Waals surface area (Å²) < 4.78 is 1.70. The first kappa shape index (κ1) is 22.5. The van der Waals surface area contributed by atoms with E-state index in [0.29, 0.717) is 34.0 Å². The molecule has 0 saturated carbocycles. The summed E-state index contributed by atoms with van der Waals surface area (Å²) in [6.07, 6.45) is 3.23. The molecule has 0 fully saturated rings. The molecule has 1 aromatic heterocycles. The van der Waals surface area contributed by atoms with Crippen molar-refractivity contribution in [1.82, 2.24) is 9.78 Å². The first-order chi connectivity index (χ1) is 14.6. The molecule has 1 heterocycles. The lowest BCUT2D eigenvalue weighted by molar-refractivity contribution is 0.102. The Morgan fingerprint density at radius 2 is 1.97 bits per heavy atom. The van der Waals surface area contributed by atoms with Gasteiger partial charge in [0.05, 0.1) is 0 Å². The number of halogens is 1. The number of aryl methyl sites for hydroxylation is 1. The number of hydrogen-bond donors (Lipinski definition) is 2. The topological polar surface area (TPSA) is 67.2 Å². The molecule has 160 valence electrons.